The van der Waals surface area contributed by atoms with Gasteiger partial charge >= 0.3 is 5.97 Å². The Balaban J connectivity index is 1.98. The Labute approximate surface area is 174 Å². The third-order valence-corrected chi connectivity index (χ3v) is 4.78. The first-order valence-electron chi connectivity index (χ1n) is 9.83. The molecule has 10 nitrogen and oxygen atoms in total. The number of aliphatic hydroxyl groups excluding tert-OH is 1. The fraction of sp³-hybridized carbons (Fsp3) is 0.500. The fourth-order valence-electron chi connectivity index (χ4n) is 3.14. The largest absolute Gasteiger partial charge is 0.480 e. The van der Waals surface area contributed by atoms with Gasteiger partial charge in [0.2, 0.25) is 17.7 Å². The number of carboxylic acids is 1. The number of benzene rings is 1. The summed E-state index contributed by atoms with van der Waals surface area (Å²) in [6.45, 7) is 1.49. The third-order valence-electron chi connectivity index (χ3n) is 4.78. The van der Waals surface area contributed by atoms with Crippen LogP contribution in [0, 0.1) is 0 Å². The van der Waals surface area contributed by atoms with Crippen LogP contribution in [0.4, 0.5) is 0 Å². The fourth-order valence-corrected chi connectivity index (χ4v) is 3.14. The maximum atomic E-state index is 12.7. The van der Waals surface area contributed by atoms with E-state index in [-0.39, 0.29) is 18.4 Å². The molecule has 1 aliphatic heterocycles. The van der Waals surface area contributed by atoms with Crippen LogP contribution in [0.2, 0.25) is 0 Å². The van der Waals surface area contributed by atoms with Crippen molar-refractivity contribution < 1.29 is 29.4 Å². The molecule has 4 atom stereocenters. The second-order valence-electron chi connectivity index (χ2n) is 7.24. The van der Waals surface area contributed by atoms with Crippen LogP contribution in [-0.2, 0) is 25.6 Å². The minimum atomic E-state index is -1.48. The number of carboxylic acid groups (broad SMARTS) is 1. The van der Waals surface area contributed by atoms with Gasteiger partial charge in [-0.05, 0) is 31.9 Å². The van der Waals surface area contributed by atoms with Crippen LogP contribution < -0.4 is 21.3 Å². The number of hydrogen-bond donors (Lipinski definition) is 6. The average molecular weight is 420 g/mol. The summed E-state index contributed by atoms with van der Waals surface area (Å²) in [5.74, 6) is -3.00. The van der Waals surface area contributed by atoms with Crippen molar-refractivity contribution in [1.29, 1.82) is 0 Å². The molecule has 1 saturated heterocycles. The molecule has 30 heavy (non-hydrogen) atoms. The zero-order valence-electron chi connectivity index (χ0n) is 16.8. The van der Waals surface area contributed by atoms with Crippen LogP contribution in [0.15, 0.2) is 30.3 Å². The second kappa shape index (κ2) is 11.3. The van der Waals surface area contributed by atoms with Crippen LogP contribution in [0.5, 0.6) is 0 Å². The molecule has 10 heteroatoms. The highest BCUT2D eigenvalue weighted by molar-refractivity contribution is 5.93. The van der Waals surface area contributed by atoms with Crippen molar-refractivity contribution in [3.8, 4) is 0 Å². The van der Waals surface area contributed by atoms with Gasteiger partial charge in [-0.2, -0.15) is 0 Å². The van der Waals surface area contributed by atoms with Gasteiger partial charge < -0.3 is 31.5 Å². The minimum Gasteiger partial charge on any atom is -0.480 e. The van der Waals surface area contributed by atoms with Gasteiger partial charge in [-0.3, -0.25) is 14.4 Å². The molecule has 4 unspecified atom stereocenters. The van der Waals surface area contributed by atoms with E-state index in [2.05, 4.69) is 21.3 Å². The normalized spacial score (nSPS) is 18.7. The van der Waals surface area contributed by atoms with E-state index < -0.39 is 42.5 Å². The Morgan fingerprint density at radius 3 is 2.43 bits per heavy atom. The third kappa shape index (κ3) is 7.12. The Morgan fingerprint density at radius 2 is 1.87 bits per heavy atom. The molecule has 0 bridgehead atoms. The van der Waals surface area contributed by atoms with E-state index in [0.717, 1.165) is 18.5 Å². The van der Waals surface area contributed by atoms with Gasteiger partial charge in [0.15, 0.2) is 6.04 Å². The van der Waals surface area contributed by atoms with Crippen molar-refractivity contribution >= 4 is 23.7 Å². The average Bonchev–Trinajstić information content (AvgIpc) is 3.25. The highest BCUT2D eigenvalue weighted by Gasteiger charge is 2.29. The molecule has 0 aromatic heterocycles. The maximum absolute atomic E-state index is 12.7. The zero-order chi connectivity index (χ0) is 22.1. The van der Waals surface area contributed by atoms with E-state index in [0.29, 0.717) is 6.42 Å². The molecule has 0 spiro atoms. The predicted octanol–water partition coefficient (Wildman–Crippen LogP) is -1.47. The quantitative estimate of drug-likeness (QED) is 0.270. The maximum Gasteiger partial charge on any atom is 0.328 e. The van der Waals surface area contributed by atoms with E-state index in [1.54, 1.807) is 0 Å². The molecule has 6 N–H and O–H groups in total. The molecule has 0 saturated carbocycles. The lowest BCUT2D eigenvalue weighted by atomic mass is 10.0. The summed E-state index contributed by atoms with van der Waals surface area (Å²) in [6.07, 6.45) is 0.496. The van der Waals surface area contributed by atoms with E-state index in [1.807, 2.05) is 30.3 Å². The van der Waals surface area contributed by atoms with Crippen molar-refractivity contribution in [2.45, 2.75) is 50.4 Å². The number of aliphatic hydroxyl groups is 1. The van der Waals surface area contributed by atoms with Crippen LogP contribution >= 0.6 is 0 Å². The standard InChI is InChI=1S/C20H28N4O6/c1-12(25)17(20(29)30)24-16(26)11-22-18(27)15(10-13-6-3-2-4-7-13)23-19(28)14-8-5-9-21-14/h2-4,6-7,12,14-15,17,21,25H,5,8-11H2,1H3,(H,22,27)(H,23,28)(H,24,26)(H,29,30). The van der Waals surface area contributed by atoms with Crippen LogP contribution in [0.25, 0.3) is 0 Å². The van der Waals surface area contributed by atoms with Crippen molar-refractivity contribution in [3.05, 3.63) is 35.9 Å². The molecule has 1 aliphatic rings. The smallest absolute Gasteiger partial charge is 0.328 e. The van der Waals surface area contributed by atoms with Crippen molar-refractivity contribution in [2.75, 3.05) is 13.1 Å². The van der Waals surface area contributed by atoms with Crippen LogP contribution in [0.1, 0.15) is 25.3 Å². The lowest BCUT2D eigenvalue weighted by Crippen LogP contribution is -2.55. The number of rotatable bonds is 10. The SMILES string of the molecule is CC(O)C(NC(=O)CNC(=O)C(Cc1ccccc1)NC(=O)C1CCCN1)C(=O)O. The molecular weight excluding hydrogens is 392 g/mol. The lowest BCUT2D eigenvalue weighted by molar-refractivity contribution is -0.144. The number of carbonyl (C=O) groups is 4. The topological polar surface area (TPSA) is 157 Å². The summed E-state index contributed by atoms with van der Waals surface area (Å²) < 4.78 is 0. The predicted molar refractivity (Wildman–Crippen MR) is 107 cm³/mol. The summed E-state index contributed by atoms with van der Waals surface area (Å²) in [4.78, 5) is 48.2. The summed E-state index contributed by atoms with van der Waals surface area (Å²) in [7, 11) is 0. The van der Waals surface area contributed by atoms with E-state index >= 15 is 0 Å². The highest BCUT2D eigenvalue weighted by Crippen LogP contribution is 2.08. The van der Waals surface area contributed by atoms with E-state index in [4.69, 9.17) is 5.11 Å². The van der Waals surface area contributed by atoms with E-state index in [1.165, 1.54) is 6.92 Å². The van der Waals surface area contributed by atoms with E-state index in [9.17, 15) is 24.3 Å². The molecular formula is C20H28N4O6. The monoisotopic (exact) mass is 420 g/mol. The van der Waals surface area contributed by atoms with Gasteiger partial charge in [-0.25, -0.2) is 4.79 Å². The Hall–Kier alpha value is -2.98. The van der Waals surface area contributed by atoms with Crippen molar-refractivity contribution in [3.63, 3.8) is 0 Å². The molecule has 1 heterocycles. The number of nitrogens with one attached hydrogen (secondary N) is 4. The van der Waals surface area contributed by atoms with Crippen molar-refractivity contribution in [1.82, 2.24) is 21.3 Å². The summed E-state index contributed by atoms with van der Waals surface area (Å²) in [5, 5.41) is 28.8. The van der Waals surface area contributed by atoms with Gasteiger partial charge in [0.25, 0.3) is 0 Å². The molecule has 164 valence electrons. The first-order valence-corrected chi connectivity index (χ1v) is 9.83. The van der Waals surface area contributed by atoms with Gasteiger partial charge in [-0.1, -0.05) is 30.3 Å². The van der Waals surface area contributed by atoms with Crippen LogP contribution in [0.3, 0.4) is 0 Å². The van der Waals surface area contributed by atoms with Crippen molar-refractivity contribution in [2.24, 2.45) is 0 Å². The summed E-state index contributed by atoms with van der Waals surface area (Å²) in [6, 6.07) is 6.39. The highest BCUT2D eigenvalue weighted by atomic mass is 16.4. The molecule has 1 aromatic carbocycles. The van der Waals surface area contributed by atoms with Gasteiger partial charge in [0, 0.05) is 6.42 Å². The number of amides is 3. The summed E-state index contributed by atoms with van der Waals surface area (Å²) >= 11 is 0. The molecule has 1 aromatic rings. The zero-order valence-corrected chi connectivity index (χ0v) is 16.8. The summed E-state index contributed by atoms with van der Waals surface area (Å²) in [5.41, 5.74) is 0.835. The Morgan fingerprint density at radius 1 is 1.17 bits per heavy atom. The number of carbonyl (C=O) groups excluding carboxylic acids is 3. The second-order valence-corrected chi connectivity index (χ2v) is 7.24. The van der Waals surface area contributed by atoms with Gasteiger partial charge in [0.1, 0.15) is 6.04 Å². The Bertz CT molecular complexity index is 749. The van der Waals surface area contributed by atoms with Crippen LogP contribution in [-0.4, -0.2) is 71.2 Å². The van der Waals surface area contributed by atoms with Gasteiger partial charge in [0.05, 0.1) is 18.7 Å². The molecule has 1 fully saturated rings. The Kier molecular flexibility index (Phi) is 8.75. The number of hydrogen-bond acceptors (Lipinski definition) is 6. The molecule has 3 amide bonds. The first-order chi connectivity index (χ1) is 14.3. The molecule has 0 aliphatic carbocycles. The molecule has 0 radical (unpaired) electrons. The first kappa shape index (κ1) is 23.3. The molecule has 2 rings (SSSR count). The van der Waals surface area contributed by atoms with Gasteiger partial charge in [-0.15, -0.1) is 0 Å². The lowest BCUT2D eigenvalue weighted by Gasteiger charge is -2.21. The minimum absolute atomic E-state index is 0.234. The number of aliphatic carboxylic acids is 1.